The molecule has 2 aromatic heterocycles. The van der Waals surface area contributed by atoms with E-state index in [-0.39, 0.29) is 11.8 Å². The van der Waals surface area contributed by atoms with Crippen LogP contribution in [0, 0.1) is 5.92 Å². The average Bonchev–Trinajstić information content (AvgIpc) is 2.75. The minimum atomic E-state index is 0.0884. The molecule has 0 radical (unpaired) electrons. The molecule has 0 saturated heterocycles. The summed E-state index contributed by atoms with van der Waals surface area (Å²) in [5, 5.41) is 6.30. The molecule has 4 rings (SSSR count). The molecule has 1 saturated carbocycles. The van der Waals surface area contributed by atoms with Gasteiger partial charge in [0.2, 0.25) is 5.91 Å². The topological polar surface area (TPSA) is 66.9 Å². The molecule has 1 aromatic carbocycles. The molecular weight excluding hydrogens is 348 g/mol. The summed E-state index contributed by atoms with van der Waals surface area (Å²) in [6.07, 6.45) is 8.98. The van der Waals surface area contributed by atoms with Crippen molar-refractivity contribution in [3.05, 3.63) is 67.0 Å². The van der Waals surface area contributed by atoms with Gasteiger partial charge in [0.05, 0.1) is 0 Å². The van der Waals surface area contributed by atoms with Crippen LogP contribution in [-0.4, -0.2) is 15.9 Å². The molecule has 0 unspecified atom stereocenters. The van der Waals surface area contributed by atoms with Gasteiger partial charge < -0.3 is 10.6 Å². The van der Waals surface area contributed by atoms with E-state index < -0.39 is 0 Å². The number of rotatable bonds is 5. The molecule has 1 fully saturated rings. The smallest absolute Gasteiger partial charge is 0.228 e. The first-order valence-corrected chi connectivity index (χ1v) is 9.83. The lowest BCUT2D eigenvalue weighted by molar-refractivity contribution is -0.120. The Morgan fingerprint density at radius 3 is 2.18 bits per heavy atom. The van der Waals surface area contributed by atoms with Crippen LogP contribution in [0.15, 0.2) is 67.0 Å². The van der Waals surface area contributed by atoms with E-state index in [9.17, 15) is 4.79 Å². The van der Waals surface area contributed by atoms with Gasteiger partial charge in [-0.1, -0.05) is 37.5 Å². The number of nitrogens with one attached hydrogen (secondary N) is 2. The van der Waals surface area contributed by atoms with Crippen LogP contribution in [0.3, 0.4) is 0 Å². The highest BCUT2D eigenvalue weighted by Crippen LogP contribution is 2.27. The van der Waals surface area contributed by atoms with Crippen LogP contribution in [0.4, 0.5) is 17.3 Å². The largest absolute Gasteiger partial charge is 0.340 e. The number of carbonyl (C=O) groups is 1. The minimum absolute atomic E-state index is 0.0884. The Bertz CT molecular complexity index is 936. The van der Waals surface area contributed by atoms with Crippen molar-refractivity contribution in [3.63, 3.8) is 0 Å². The van der Waals surface area contributed by atoms with Crippen LogP contribution in [0.5, 0.6) is 0 Å². The number of aromatic nitrogens is 2. The number of para-hydroxylation sites is 1. The second-order valence-electron chi connectivity index (χ2n) is 7.17. The normalized spacial score (nSPS) is 14.4. The molecule has 3 aromatic rings. The van der Waals surface area contributed by atoms with Crippen molar-refractivity contribution >= 4 is 23.2 Å². The third-order valence-electron chi connectivity index (χ3n) is 5.13. The van der Waals surface area contributed by atoms with Gasteiger partial charge in [-0.15, -0.1) is 0 Å². The molecule has 0 atom stereocenters. The Labute approximate surface area is 165 Å². The molecule has 1 aliphatic carbocycles. The summed E-state index contributed by atoms with van der Waals surface area (Å²) < 4.78 is 0. The van der Waals surface area contributed by atoms with Crippen molar-refractivity contribution in [1.82, 2.24) is 9.97 Å². The molecule has 2 heterocycles. The van der Waals surface area contributed by atoms with Crippen molar-refractivity contribution < 1.29 is 4.79 Å². The van der Waals surface area contributed by atoms with E-state index in [1.54, 1.807) is 12.4 Å². The molecule has 142 valence electrons. The Morgan fingerprint density at radius 1 is 0.821 bits per heavy atom. The average molecular weight is 372 g/mol. The summed E-state index contributed by atoms with van der Waals surface area (Å²) in [6, 6.07) is 17.8. The van der Waals surface area contributed by atoms with Crippen molar-refractivity contribution in [3.8, 4) is 11.1 Å². The molecule has 1 aliphatic rings. The van der Waals surface area contributed by atoms with Crippen LogP contribution < -0.4 is 10.6 Å². The first kappa shape index (κ1) is 18.2. The highest BCUT2D eigenvalue weighted by atomic mass is 16.1. The summed E-state index contributed by atoms with van der Waals surface area (Å²) in [5.41, 5.74) is 3.00. The van der Waals surface area contributed by atoms with Crippen LogP contribution in [0.25, 0.3) is 11.1 Å². The van der Waals surface area contributed by atoms with Gasteiger partial charge in [-0.3, -0.25) is 4.79 Å². The molecule has 0 bridgehead atoms. The van der Waals surface area contributed by atoms with E-state index in [1.807, 2.05) is 54.6 Å². The number of nitrogens with zero attached hydrogens (tertiary/aromatic N) is 2. The van der Waals surface area contributed by atoms with Crippen molar-refractivity contribution in [2.75, 3.05) is 10.6 Å². The van der Waals surface area contributed by atoms with Gasteiger partial charge in [-0.05, 0) is 60.4 Å². The Balaban J connectivity index is 1.49. The van der Waals surface area contributed by atoms with Crippen molar-refractivity contribution in [1.29, 1.82) is 0 Å². The predicted molar refractivity (Wildman–Crippen MR) is 112 cm³/mol. The minimum Gasteiger partial charge on any atom is -0.340 e. The molecular formula is C23H24N4O. The Hall–Kier alpha value is -3.21. The highest BCUT2D eigenvalue weighted by molar-refractivity contribution is 5.92. The second kappa shape index (κ2) is 8.65. The van der Waals surface area contributed by atoms with Gasteiger partial charge in [-0.2, -0.15) is 0 Å². The van der Waals surface area contributed by atoms with Gasteiger partial charge in [0.15, 0.2) is 0 Å². The molecule has 0 aliphatic heterocycles. The van der Waals surface area contributed by atoms with Crippen molar-refractivity contribution in [2.45, 2.75) is 32.1 Å². The first-order valence-electron chi connectivity index (χ1n) is 9.83. The lowest BCUT2D eigenvalue weighted by Gasteiger charge is -2.20. The summed E-state index contributed by atoms with van der Waals surface area (Å²) >= 11 is 0. The maximum absolute atomic E-state index is 12.5. The number of hydrogen-bond donors (Lipinski definition) is 2. The lowest BCUT2D eigenvalue weighted by Crippen LogP contribution is -2.25. The van der Waals surface area contributed by atoms with Crippen LogP contribution in [0.1, 0.15) is 32.1 Å². The number of carbonyl (C=O) groups excluding carboxylic acids is 1. The van der Waals surface area contributed by atoms with E-state index in [1.165, 1.54) is 6.42 Å². The monoisotopic (exact) mass is 372 g/mol. The number of anilines is 3. The zero-order valence-corrected chi connectivity index (χ0v) is 15.8. The molecule has 5 nitrogen and oxygen atoms in total. The third kappa shape index (κ3) is 4.55. The fourth-order valence-electron chi connectivity index (χ4n) is 3.62. The highest BCUT2D eigenvalue weighted by Gasteiger charge is 2.21. The second-order valence-corrected chi connectivity index (χ2v) is 7.17. The van der Waals surface area contributed by atoms with Crippen LogP contribution in [0.2, 0.25) is 0 Å². The van der Waals surface area contributed by atoms with E-state index in [0.29, 0.717) is 5.82 Å². The van der Waals surface area contributed by atoms with Crippen molar-refractivity contribution in [2.24, 2.45) is 5.92 Å². The third-order valence-corrected chi connectivity index (χ3v) is 5.13. The predicted octanol–water partition coefficient (Wildman–Crippen LogP) is 5.41. The number of hydrogen-bond acceptors (Lipinski definition) is 4. The number of amides is 1. The maximum atomic E-state index is 12.5. The van der Waals surface area contributed by atoms with Crippen LogP contribution in [-0.2, 0) is 4.79 Å². The molecule has 5 heteroatoms. The van der Waals surface area contributed by atoms with Gasteiger partial charge in [0.1, 0.15) is 11.6 Å². The zero-order valence-electron chi connectivity index (χ0n) is 15.8. The van der Waals surface area contributed by atoms with E-state index >= 15 is 0 Å². The Morgan fingerprint density at radius 2 is 1.46 bits per heavy atom. The number of benzene rings is 1. The summed E-state index contributed by atoms with van der Waals surface area (Å²) in [6.45, 7) is 0. The van der Waals surface area contributed by atoms with E-state index in [2.05, 4.69) is 20.6 Å². The van der Waals surface area contributed by atoms with Gasteiger partial charge in [0.25, 0.3) is 0 Å². The summed E-state index contributed by atoms with van der Waals surface area (Å²) in [5.74, 6) is 1.57. The summed E-state index contributed by atoms with van der Waals surface area (Å²) in [4.78, 5) is 21.2. The SMILES string of the molecule is O=C(Nc1cc(-c2ccnc(Nc3ccccc3)c2)ccn1)C1CCCCC1. The molecule has 1 amide bonds. The quantitative estimate of drug-likeness (QED) is 0.629. The van der Waals surface area contributed by atoms with Gasteiger partial charge in [-0.25, -0.2) is 9.97 Å². The lowest BCUT2D eigenvalue weighted by atomic mass is 9.89. The fraction of sp³-hybridized carbons (Fsp3) is 0.261. The molecule has 28 heavy (non-hydrogen) atoms. The van der Waals surface area contributed by atoms with Gasteiger partial charge >= 0.3 is 0 Å². The fourth-order valence-corrected chi connectivity index (χ4v) is 3.62. The Kier molecular flexibility index (Phi) is 5.61. The zero-order chi connectivity index (χ0) is 19.2. The van der Waals surface area contributed by atoms with E-state index in [0.717, 1.165) is 48.3 Å². The molecule has 0 spiro atoms. The van der Waals surface area contributed by atoms with Gasteiger partial charge in [0, 0.05) is 24.0 Å². The first-order chi connectivity index (χ1) is 13.8. The molecule has 2 N–H and O–H groups in total. The van der Waals surface area contributed by atoms with Crippen LogP contribution >= 0.6 is 0 Å². The van der Waals surface area contributed by atoms with E-state index in [4.69, 9.17) is 0 Å². The standard InChI is InChI=1S/C23H24N4O/c28-23(17-7-3-1-4-8-17)27-22-16-19(12-14-25-22)18-11-13-24-21(15-18)26-20-9-5-2-6-10-20/h2,5-6,9-17H,1,3-4,7-8H2,(H,24,26)(H,25,27,28). The number of pyridine rings is 2. The maximum Gasteiger partial charge on any atom is 0.228 e. The summed E-state index contributed by atoms with van der Waals surface area (Å²) in [7, 11) is 0.